The molecule has 1 aliphatic carbocycles. The molecule has 10 aromatic rings. The van der Waals surface area contributed by atoms with E-state index in [1.807, 2.05) is 53.8 Å². The SMILES string of the molecule is [2H]c1ccc2c(-c3ccc(-c4ccc(-c5ccc6c(c5)-c5ccccc5C6(C)C)c5sc6ccccc6c45)cc3)c3c([2H])c([2H])ccc3c(-c3ccccc3)c2c1[2H]. The smallest absolute Gasteiger partial charge is 0.0629 e. The highest BCUT2D eigenvalue weighted by molar-refractivity contribution is 7.26. The molecule has 1 aromatic heterocycles. The Balaban J connectivity index is 1.11. The minimum absolute atomic E-state index is 0.0459. The highest BCUT2D eigenvalue weighted by Gasteiger charge is 2.35. The van der Waals surface area contributed by atoms with E-state index in [1.165, 1.54) is 53.6 Å². The Morgan fingerprint density at radius 1 is 0.426 bits per heavy atom. The van der Waals surface area contributed by atoms with Crippen LogP contribution in [0.15, 0.2) is 182 Å². The number of hydrogen-bond acceptors (Lipinski definition) is 1. The lowest BCUT2D eigenvalue weighted by molar-refractivity contribution is 0.660. The van der Waals surface area contributed by atoms with Gasteiger partial charge in [0.1, 0.15) is 0 Å². The summed E-state index contributed by atoms with van der Waals surface area (Å²) in [7, 11) is 0. The molecule has 0 N–H and O–H groups in total. The highest BCUT2D eigenvalue weighted by Crippen LogP contribution is 2.51. The molecule has 1 heterocycles. The van der Waals surface area contributed by atoms with Gasteiger partial charge < -0.3 is 0 Å². The first-order valence-corrected chi connectivity index (χ1v) is 19.3. The Bertz CT molecular complexity index is 3340. The van der Waals surface area contributed by atoms with E-state index in [2.05, 4.69) is 117 Å². The number of hydrogen-bond donors (Lipinski definition) is 0. The lowest BCUT2D eigenvalue weighted by atomic mass is 9.82. The van der Waals surface area contributed by atoms with E-state index >= 15 is 0 Å². The largest absolute Gasteiger partial charge is 0.135 e. The minimum atomic E-state index is -0.0459. The molecule has 0 amide bonds. The summed E-state index contributed by atoms with van der Waals surface area (Å²) < 4.78 is 38.3. The molecule has 9 aromatic carbocycles. The van der Waals surface area contributed by atoms with Crippen LogP contribution in [0.1, 0.15) is 30.5 Å². The second-order valence-corrected chi connectivity index (χ2v) is 15.9. The fourth-order valence-corrected chi connectivity index (χ4v) is 10.3. The van der Waals surface area contributed by atoms with E-state index in [-0.39, 0.29) is 29.6 Å². The van der Waals surface area contributed by atoms with Crippen molar-refractivity contribution in [1.82, 2.24) is 0 Å². The van der Waals surface area contributed by atoms with Crippen molar-refractivity contribution < 1.29 is 5.48 Å². The molecule has 0 saturated carbocycles. The first-order chi connectivity index (χ1) is 28.2. The molecule has 1 aliphatic rings. The fraction of sp³-hybridized carbons (Fsp3) is 0.0566. The normalized spacial score (nSPS) is 14.2. The summed E-state index contributed by atoms with van der Waals surface area (Å²) in [6, 6.07) is 55.4. The van der Waals surface area contributed by atoms with E-state index in [1.54, 1.807) is 12.1 Å². The van der Waals surface area contributed by atoms with Crippen LogP contribution in [0.4, 0.5) is 0 Å². The van der Waals surface area contributed by atoms with Gasteiger partial charge in [-0.1, -0.05) is 184 Å². The third-order valence-electron chi connectivity index (χ3n) is 11.6. The summed E-state index contributed by atoms with van der Waals surface area (Å²) in [5, 5.41) is 5.45. The fourth-order valence-electron chi connectivity index (χ4n) is 9.06. The zero-order valence-electron chi connectivity index (χ0n) is 33.9. The van der Waals surface area contributed by atoms with Crippen LogP contribution in [0.5, 0.6) is 0 Å². The average molecular weight is 709 g/mol. The monoisotopic (exact) mass is 708 g/mol. The maximum atomic E-state index is 9.25. The van der Waals surface area contributed by atoms with Crippen molar-refractivity contribution in [2.45, 2.75) is 19.3 Å². The zero-order valence-corrected chi connectivity index (χ0v) is 30.7. The Kier molecular flexibility index (Phi) is 6.01. The van der Waals surface area contributed by atoms with Crippen molar-refractivity contribution in [2.24, 2.45) is 0 Å². The standard InChI is InChI=1S/C53H36S/c1-53(2)46-22-12-10-16-39(46)45-32-36(28-31-47(45)53)38-30-29-37(51-44-21-11-13-23-48(44)54-52(38)51)33-24-26-35(27-25-33)50-42-19-8-6-17-40(42)49(34-14-4-3-5-15-34)41-18-7-9-20-43(41)50/h3-32H,1-2H3/i6D,9D,17D,20D. The Labute approximate surface area is 325 Å². The molecule has 0 saturated heterocycles. The van der Waals surface area contributed by atoms with Gasteiger partial charge in [-0.2, -0.15) is 0 Å². The Morgan fingerprint density at radius 2 is 1.00 bits per heavy atom. The van der Waals surface area contributed by atoms with Crippen LogP contribution >= 0.6 is 11.3 Å². The van der Waals surface area contributed by atoms with Crippen molar-refractivity contribution in [2.75, 3.05) is 0 Å². The minimum Gasteiger partial charge on any atom is -0.135 e. The predicted molar refractivity (Wildman–Crippen MR) is 234 cm³/mol. The maximum absolute atomic E-state index is 9.25. The van der Waals surface area contributed by atoms with Gasteiger partial charge in [0.2, 0.25) is 0 Å². The molecule has 1 heteroatoms. The molecule has 0 fully saturated rings. The summed E-state index contributed by atoms with van der Waals surface area (Å²) in [5.41, 5.74) is 13.5. The van der Waals surface area contributed by atoms with Gasteiger partial charge in [0, 0.05) is 25.6 Å². The molecule has 0 bridgehead atoms. The molecule has 0 nitrogen and oxygen atoms in total. The molecule has 0 aliphatic heterocycles. The van der Waals surface area contributed by atoms with E-state index in [9.17, 15) is 2.74 Å². The molecule has 254 valence electrons. The van der Waals surface area contributed by atoms with Crippen molar-refractivity contribution in [3.8, 4) is 55.6 Å². The van der Waals surface area contributed by atoms with Crippen LogP contribution in [-0.2, 0) is 5.41 Å². The summed E-state index contributed by atoms with van der Waals surface area (Å²) in [6.45, 7) is 4.65. The van der Waals surface area contributed by atoms with Gasteiger partial charge in [0.15, 0.2) is 0 Å². The second-order valence-electron chi connectivity index (χ2n) is 14.9. The highest BCUT2D eigenvalue weighted by atomic mass is 32.1. The Hall–Kier alpha value is -6.28. The molecule has 0 unspecified atom stereocenters. The van der Waals surface area contributed by atoms with E-state index in [0.29, 0.717) is 10.8 Å². The van der Waals surface area contributed by atoms with Crippen molar-refractivity contribution in [1.29, 1.82) is 0 Å². The number of thiophene rings is 1. The van der Waals surface area contributed by atoms with Crippen LogP contribution in [-0.4, -0.2) is 0 Å². The van der Waals surface area contributed by atoms with Crippen molar-refractivity contribution in [3.05, 3.63) is 193 Å². The van der Waals surface area contributed by atoms with E-state index in [4.69, 9.17) is 2.74 Å². The topological polar surface area (TPSA) is 0 Å². The number of rotatable bonds is 4. The van der Waals surface area contributed by atoms with Gasteiger partial charge in [-0.05, 0) is 100 Å². The lowest BCUT2D eigenvalue weighted by Gasteiger charge is -2.21. The van der Waals surface area contributed by atoms with E-state index < -0.39 is 0 Å². The molecule has 11 rings (SSSR count). The summed E-state index contributed by atoms with van der Waals surface area (Å²) in [4.78, 5) is 0. The second kappa shape index (κ2) is 11.9. The molecular formula is C53H36S. The first kappa shape index (κ1) is 27.3. The Morgan fingerprint density at radius 3 is 1.76 bits per heavy atom. The molecule has 0 radical (unpaired) electrons. The van der Waals surface area contributed by atoms with Gasteiger partial charge >= 0.3 is 0 Å². The third kappa shape index (κ3) is 4.55. The molecule has 0 atom stereocenters. The van der Waals surface area contributed by atoms with E-state index in [0.717, 1.165) is 44.2 Å². The van der Waals surface area contributed by atoms with Crippen LogP contribution in [0.3, 0.4) is 0 Å². The van der Waals surface area contributed by atoms with Crippen molar-refractivity contribution in [3.63, 3.8) is 0 Å². The number of fused-ring (bicyclic) bond motifs is 8. The first-order valence-electron chi connectivity index (χ1n) is 20.5. The predicted octanol–water partition coefficient (Wildman–Crippen LogP) is 15.3. The summed E-state index contributed by atoms with van der Waals surface area (Å²) in [5.74, 6) is 0. The van der Waals surface area contributed by atoms with Gasteiger partial charge in [-0.3, -0.25) is 0 Å². The summed E-state index contributed by atoms with van der Waals surface area (Å²) >= 11 is 1.85. The van der Waals surface area contributed by atoms with Gasteiger partial charge in [0.05, 0.1) is 5.48 Å². The maximum Gasteiger partial charge on any atom is 0.0629 e. The average Bonchev–Trinajstić information content (AvgIpc) is 3.75. The van der Waals surface area contributed by atoms with Crippen LogP contribution in [0, 0.1) is 0 Å². The van der Waals surface area contributed by atoms with Crippen molar-refractivity contribution >= 4 is 53.1 Å². The number of benzene rings is 9. The third-order valence-corrected chi connectivity index (χ3v) is 12.8. The summed E-state index contributed by atoms with van der Waals surface area (Å²) in [6.07, 6.45) is 0. The quantitative estimate of drug-likeness (QED) is 0.160. The molecule has 54 heavy (non-hydrogen) atoms. The van der Waals surface area contributed by atoms with Gasteiger partial charge in [-0.25, -0.2) is 0 Å². The molecule has 0 spiro atoms. The zero-order chi connectivity index (χ0) is 39.4. The van der Waals surface area contributed by atoms with Crippen LogP contribution < -0.4 is 0 Å². The van der Waals surface area contributed by atoms with Crippen LogP contribution in [0.25, 0.3) is 97.4 Å². The molecular weight excluding hydrogens is 669 g/mol. The van der Waals surface area contributed by atoms with Gasteiger partial charge in [-0.15, -0.1) is 11.3 Å². The lowest BCUT2D eigenvalue weighted by Crippen LogP contribution is -2.14. The van der Waals surface area contributed by atoms with Crippen LogP contribution in [0.2, 0.25) is 0 Å². The van der Waals surface area contributed by atoms with Gasteiger partial charge in [0.25, 0.3) is 0 Å².